The van der Waals surface area contributed by atoms with E-state index in [0.717, 1.165) is 25.8 Å². The van der Waals surface area contributed by atoms with Crippen molar-refractivity contribution in [1.29, 1.82) is 0 Å². The topological polar surface area (TPSA) is 83.2 Å². The minimum absolute atomic E-state index is 0.213. The summed E-state index contributed by atoms with van der Waals surface area (Å²) in [6.07, 6.45) is 5.28. The zero-order valence-electron chi connectivity index (χ0n) is 16.7. The minimum atomic E-state index is -0.213. The fourth-order valence-corrected chi connectivity index (χ4v) is 3.87. The van der Waals surface area contributed by atoms with E-state index in [1.165, 1.54) is 25.9 Å². The molecule has 26 heavy (non-hydrogen) atoms. The smallest absolute Gasteiger partial charge is 0.409 e. The van der Waals surface area contributed by atoms with Crippen molar-refractivity contribution < 1.29 is 9.53 Å². The first-order chi connectivity index (χ1) is 12.5. The summed E-state index contributed by atoms with van der Waals surface area (Å²) in [5.74, 6) is 1.20. The van der Waals surface area contributed by atoms with Crippen molar-refractivity contribution in [3.63, 3.8) is 0 Å². The number of hydrogen-bond donors (Lipinski definition) is 2. The largest absolute Gasteiger partial charge is 0.450 e. The molecule has 2 fully saturated rings. The van der Waals surface area contributed by atoms with Gasteiger partial charge in [-0.15, -0.1) is 0 Å². The molecule has 0 radical (unpaired) electrons. The highest BCUT2D eigenvalue weighted by molar-refractivity contribution is 5.78. The molecule has 2 heterocycles. The van der Waals surface area contributed by atoms with Gasteiger partial charge in [0.15, 0.2) is 5.96 Å². The van der Waals surface area contributed by atoms with Crippen molar-refractivity contribution in [1.82, 2.24) is 15.1 Å². The van der Waals surface area contributed by atoms with Crippen LogP contribution < -0.4 is 11.1 Å². The van der Waals surface area contributed by atoms with Crippen LogP contribution in [0.3, 0.4) is 0 Å². The Labute approximate surface area is 158 Å². The van der Waals surface area contributed by atoms with Gasteiger partial charge in [-0.3, -0.25) is 9.89 Å². The van der Waals surface area contributed by atoms with Crippen LogP contribution in [0.2, 0.25) is 0 Å². The Morgan fingerprint density at radius 2 is 1.88 bits per heavy atom. The van der Waals surface area contributed by atoms with Gasteiger partial charge in [0.25, 0.3) is 0 Å². The second-order valence-corrected chi connectivity index (χ2v) is 7.86. The van der Waals surface area contributed by atoms with Crippen LogP contribution in [-0.2, 0) is 4.74 Å². The van der Waals surface area contributed by atoms with Crippen LogP contribution >= 0.6 is 0 Å². The highest BCUT2D eigenvalue weighted by Crippen LogP contribution is 2.18. The molecule has 0 aliphatic carbocycles. The highest BCUT2D eigenvalue weighted by atomic mass is 16.6. The van der Waals surface area contributed by atoms with E-state index in [9.17, 15) is 4.79 Å². The van der Waals surface area contributed by atoms with E-state index in [2.05, 4.69) is 29.1 Å². The Kier molecular flexibility index (Phi) is 8.48. The molecule has 0 bridgehead atoms. The fourth-order valence-electron chi connectivity index (χ4n) is 3.87. The predicted octanol–water partition coefficient (Wildman–Crippen LogP) is 2.02. The molecular weight excluding hydrogens is 330 g/mol. The second-order valence-electron chi connectivity index (χ2n) is 7.86. The number of rotatable bonds is 7. The van der Waals surface area contributed by atoms with E-state index < -0.39 is 0 Å². The van der Waals surface area contributed by atoms with Crippen LogP contribution in [0, 0.1) is 5.92 Å². The number of guanidine groups is 1. The molecule has 7 heteroatoms. The molecule has 0 aromatic carbocycles. The maximum Gasteiger partial charge on any atom is 0.409 e. The van der Waals surface area contributed by atoms with Crippen LogP contribution in [0.5, 0.6) is 0 Å². The van der Waals surface area contributed by atoms with Crippen LogP contribution in [0.25, 0.3) is 0 Å². The normalized spacial score (nSPS) is 21.2. The summed E-state index contributed by atoms with van der Waals surface area (Å²) in [7, 11) is 0. The number of carbonyl (C=O) groups is 1. The van der Waals surface area contributed by atoms with Crippen molar-refractivity contribution in [3.05, 3.63) is 0 Å². The van der Waals surface area contributed by atoms with Gasteiger partial charge in [0.05, 0.1) is 13.2 Å². The van der Waals surface area contributed by atoms with Crippen molar-refractivity contribution in [2.24, 2.45) is 16.6 Å². The summed E-state index contributed by atoms with van der Waals surface area (Å²) in [6, 6.07) is 0.767. The number of carbonyl (C=O) groups excluding carboxylic acids is 1. The lowest BCUT2D eigenvalue weighted by atomic mass is 10.0. The Bertz CT molecular complexity index is 455. The van der Waals surface area contributed by atoms with E-state index in [1.54, 1.807) is 4.90 Å². The monoisotopic (exact) mass is 367 g/mol. The summed E-state index contributed by atoms with van der Waals surface area (Å²) >= 11 is 0. The SMILES string of the molecule is CCOC(=O)N1CCC(NC(N)=NCC(CC(C)C)N2CCCC2)CC1. The van der Waals surface area contributed by atoms with Gasteiger partial charge < -0.3 is 20.7 Å². The lowest BCUT2D eigenvalue weighted by Crippen LogP contribution is -2.49. The molecule has 2 aliphatic rings. The number of likely N-dealkylation sites (tertiary alicyclic amines) is 2. The zero-order valence-corrected chi connectivity index (χ0v) is 16.7. The van der Waals surface area contributed by atoms with Crippen molar-refractivity contribution in [2.45, 2.75) is 65.0 Å². The molecule has 0 aromatic rings. The number of hydrogen-bond acceptors (Lipinski definition) is 4. The van der Waals surface area contributed by atoms with Crippen LogP contribution in [-0.4, -0.2) is 73.3 Å². The first kappa shape index (κ1) is 20.8. The fraction of sp³-hybridized carbons (Fsp3) is 0.895. The molecule has 0 aromatic heterocycles. The maximum absolute atomic E-state index is 11.7. The third-order valence-corrected chi connectivity index (χ3v) is 5.25. The van der Waals surface area contributed by atoms with Gasteiger partial charge in [-0.2, -0.15) is 0 Å². The number of nitrogens with one attached hydrogen (secondary N) is 1. The Morgan fingerprint density at radius 3 is 2.46 bits per heavy atom. The summed E-state index contributed by atoms with van der Waals surface area (Å²) in [5.41, 5.74) is 6.14. The van der Waals surface area contributed by atoms with Gasteiger partial charge in [0.2, 0.25) is 0 Å². The van der Waals surface area contributed by atoms with E-state index in [4.69, 9.17) is 10.5 Å². The number of piperidine rings is 1. The molecule has 2 saturated heterocycles. The first-order valence-corrected chi connectivity index (χ1v) is 10.2. The van der Waals surface area contributed by atoms with E-state index in [0.29, 0.717) is 37.6 Å². The number of aliphatic imine (C=N–C) groups is 1. The molecular formula is C19H37N5O2. The summed E-state index contributed by atoms with van der Waals surface area (Å²) in [4.78, 5) is 20.7. The second kappa shape index (κ2) is 10.6. The van der Waals surface area contributed by atoms with Crippen molar-refractivity contribution in [2.75, 3.05) is 39.3 Å². The molecule has 1 unspecified atom stereocenters. The third-order valence-electron chi connectivity index (χ3n) is 5.25. The van der Waals surface area contributed by atoms with Crippen molar-refractivity contribution in [3.8, 4) is 0 Å². The Balaban J connectivity index is 1.77. The highest BCUT2D eigenvalue weighted by Gasteiger charge is 2.25. The van der Waals surface area contributed by atoms with Gasteiger partial charge in [-0.05, 0) is 58.0 Å². The zero-order chi connectivity index (χ0) is 18.9. The van der Waals surface area contributed by atoms with Gasteiger partial charge >= 0.3 is 6.09 Å². The first-order valence-electron chi connectivity index (χ1n) is 10.2. The molecule has 3 N–H and O–H groups in total. The average molecular weight is 368 g/mol. The molecule has 7 nitrogen and oxygen atoms in total. The molecule has 150 valence electrons. The van der Waals surface area contributed by atoms with Gasteiger partial charge in [0, 0.05) is 25.2 Å². The summed E-state index contributed by atoms with van der Waals surface area (Å²) in [5, 5.41) is 3.34. The maximum atomic E-state index is 11.7. The van der Waals surface area contributed by atoms with Crippen LogP contribution in [0.15, 0.2) is 4.99 Å². The predicted molar refractivity (Wildman–Crippen MR) is 105 cm³/mol. The van der Waals surface area contributed by atoms with Crippen LogP contribution in [0.1, 0.15) is 52.9 Å². The molecule has 0 spiro atoms. The van der Waals surface area contributed by atoms with Gasteiger partial charge in [-0.1, -0.05) is 13.8 Å². The third kappa shape index (κ3) is 6.67. The van der Waals surface area contributed by atoms with Gasteiger partial charge in [-0.25, -0.2) is 4.79 Å². The van der Waals surface area contributed by atoms with E-state index >= 15 is 0 Å². The summed E-state index contributed by atoms with van der Waals surface area (Å²) in [6.45, 7) is 11.3. The number of ether oxygens (including phenoxy) is 1. The Morgan fingerprint density at radius 1 is 1.23 bits per heavy atom. The minimum Gasteiger partial charge on any atom is -0.450 e. The van der Waals surface area contributed by atoms with Crippen molar-refractivity contribution >= 4 is 12.1 Å². The molecule has 2 aliphatic heterocycles. The van der Waals surface area contributed by atoms with Crippen LogP contribution in [0.4, 0.5) is 4.79 Å². The van der Waals surface area contributed by atoms with E-state index in [1.807, 2.05) is 6.92 Å². The lowest BCUT2D eigenvalue weighted by Gasteiger charge is -2.32. The number of amides is 1. The standard InChI is InChI=1S/C19H37N5O2/c1-4-26-19(25)24-11-7-16(8-12-24)22-18(20)21-14-17(13-15(2)3)23-9-5-6-10-23/h15-17H,4-14H2,1-3H3,(H3,20,21,22). The molecule has 0 saturated carbocycles. The molecule has 1 amide bonds. The lowest BCUT2D eigenvalue weighted by molar-refractivity contribution is 0.0963. The van der Waals surface area contributed by atoms with E-state index in [-0.39, 0.29) is 12.1 Å². The number of nitrogens with two attached hydrogens (primary N) is 1. The quantitative estimate of drug-likeness (QED) is 0.531. The number of nitrogens with zero attached hydrogens (tertiary/aromatic N) is 3. The Hall–Kier alpha value is -1.50. The molecule has 1 atom stereocenters. The molecule has 2 rings (SSSR count). The van der Waals surface area contributed by atoms with Gasteiger partial charge in [0.1, 0.15) is 0 Å². The summed E-state index contributed by atoms with van der Waals surface area (Å²) < 4.78 is 5.06. The average Bonchev–Trinajstić information content (AvgIpc) is 3.13.